The molecule has 2 aliphatic heterocycles. The number of carboxylic acids is 1. The number of hydrogen-bond acceptors (Lipinski definition) is 7. The zero-order valence-electron chi connectivity index (χ0n) is 22.7. The first-order valence-electron chi connectivity index (χ1n) is 14.0. The van der Waals surface area contributed by atoms with Crippen molar-refractivity contribution < 1.29 is 28.8 Å². The third-order valence-electron chi connectivity index (χ3n) is 8.47. The summed E-state index contributed by atoms with van der Waals surface area (Å²) in [5.41, 5.74) is 3.43. The van der Waals surface area contributed by atoms with Crippen LogP contribution in [0.3, 0.4) is 0 Å². The molecule has 11 heteroatoms. The lowest BCUT2D eigenvalue weighted by Crippen LogP contribution is -2.50. The molecule has 3 atom stereocenters. The van der Waals surface area contributed by atoms with Crippen molar-refractivity contribution >= 4 is 33.7 Å². The predicted molar refractivity (Wildman–Crippen MR) is 150 cm³/mol. The monoisotopic (exact) mass is 622 g/mol. The summed E-state index contributed by atoms with van der Waals surface area (Å²) in [6.07, 6.45) is 3.21. The highest BCUT2D eigenvalue weighted by atomic mass is 79.9. The van der Waals surface area contributed by atoms with E-state index in [0.29, 0.717) is 55.4 Å². The van der Waals surface area contributed by atoms with E-state index in [9.17, 15) is 19.5 Å². The van der Waals surface area contributed by atoms with Crippen LogP contribution in [0.25, 0.3) is 0 Å². The van der Waals surface area contributed by atoms with Gasteiger partial charge in [-0.2, -0.15) is 4.98 Å². The molecule has 1 saturated carbocycles. The van der Waals surface area contributed by atoms with Crippen molar-refractivity contribution in [3.63, 3.8) is 0 Å². The van der Waals surface area contributed by atoms with E-state index in [4.69, 9.17) is 9.26 Å². The average molecular weight is 624 g/mol. The molecule has 2 aromatic carbocycles. The summed E-state index contributed by atoms with van der Waals surface area (Å²) in [6.45, 7) is 2.89. The van der Waals surface area contributed by atoms with E-state index < -0.39 is 23.8 Å². The smallest absolute Gasteiger partial charge is 0.307 e. The largest absolute Gasteiger partial charge is 0.485 e. The Balaban J connectivity index is 1.38. The number of aliphatic carboxylic acids is 1. The van der Waals surface area contributed by atoms with Crippen molar-refractivity contribution in [3.05, 3.63) is 74.8 Å². The second kappa shape index (κ2) is 11.3. The molecule has 2 amide bonds. The first-order chi connectivity index (χ1) is 19.8. The minimum absolute atomic E-state index is 0.0733. The third-order valence-corrected chi connectivity index (χ3v) is 9.21. The maximum Gasteiger partial charge on any atom is 0.307 e. The van der Waals surface area contributed by atoms with E-state index in [2.05, 4.69) is 26.1 Å². The lowest BCUT2D eigenvalue weighted by Gasteiger charge is -2.43. The number of benzene rings is 2. The number of carboxylic acid groups (broad SMARTS) is 1. The van der Waals surface area contributed by atoms with E-state index in [0.717, 1.165) is 34.0 Å². The SMILES string of the molecule is Cc1nc(COc2ccc(Br)c3c2[C@@H](CN2Cc4ccccc4C2=O)N(C(=O)[C@@H]2CCCC[C@@H]2C(=O)O)CC3)no1. The molecule has 0 bridgehead atoms. The van der Waals surface area contributed by atoms with Gasteiger partial charge in [-0.3, -0.25) is 14.4 Å². The lowest BCUT2D eigenvalue weighted by molar-refractivity contribution is -0.153. The molecule has 41 heavy (non-hydrogen) atoms. The number of rotatable bonds is 7. The van der Waals surface area contributed by atoms with E-state index >= 15 is 0 Å². The highest BCUT2D eigenvalue weighted by Crippen LogP contribution is 2.43. The van der Waals surface area contributed by atoms with Crippen molar-refractivity contribution in [1.29, 1.82) is 0 Å². The van der Waals surface area contributed by atoms with Crippen molar-refractivity contribution in [1.82, 2.24) is 19.9 Å². The first kappa shape index (κ1) is 27.4. The molecule has 10 nitrogen and oxygen atoms in total. The number of ether oxygens (including phenoxy) is 1. The Hall–Kier alpha value is -3.73. The fraction of sp³-hybridized carbons (Fsp3) is 0.433. The van der Waals surface area contributed by atoms with E-state index in [1.807, 2.05) is 36.4 Å². The number of amides is 2. The standard InChI is InChI=1S/C30H31BrN4O6/c1-17-32-26(33-41-17)16-40-25-11-10-23(31)22-12-13-35(29(37)20-8-4-5-9-21(20)30(38)39)24(27(22)25)15-34-14-18-6-2-3-7-19(18)28(34)36/h2-3,6-7,10-11,20-21,24H,4-5,8-9,12-16H2,1H3,(H,38,39)/t20-,21+,24-/m1/s1. The highest BCUT2D eigenvalue weighted by Gasteiger charge is 2.44. The highest BCUT2D eigenvalue weighted by molar-refractivity contribution is 9.10. The fourth-order valence-electron chi connectivity index (χ4n) is 6.51. The maximum atomic E-state index is 14.2. The van der Waals surface area contributed by atoms with Crippen molar-refractivity contribution in [2.45, 2.75) is 58.2 Å². The molecule has 1 fully saturated rings. The number of aryl methyl sites for hydroxylation is 1. The molecule has 1 N–H and O–H groups in total. The molecule has 1 aliphatic carbocycles. The number of halogens is 1. The number of nitrogens with zero attached hydrogens (tertiary/aromatic N) is 4. The lowest BCUT2D eigenvalue weighted by atomic mass is 9.77. The molecule has 3 aromatic rings. The van der Waals surface area contributed by atoms with Gasteiger partial charge in [-0.15, -0.1) is 0 Å². The molecule has 1 aromatic heterocycles. The number of fused-ring (bicyclic) bond motifs is 2. The molecule has 0 spiro atoms. The molecule has 6 rings (SSSR count). The Labute approximate surface area is 245 Å². The van der Waals surface area contributed by atoms with Crippen molar-refractivity contribution in [2.24, 2.45) is 11.8 Å². The number of aromatic nitrogens is 2. The predicted octanol–water partition coefficient (Wildman–Crippen LogP) is 4.69. The van der Waals surface area contributed by atoms with Gasteiger partial charge in [0, 0.05) is 42.2 Å². The zero-order valence-corrected chi connectivity index (χ0v) is 24.3. The van der Waals surface area contributed by atoms with Gasteiger partial charge in [0.05, 0.1) is 17.9 Å². The van der Waals surface area contributed by atoms with Crippen LogP contribution >= 0.6 is 15.9 Å². The quantitative estimate of drug-likeness (QED) is 0.402. The van der Waals surface area contributed by atoms with Gasteiger partial charge in [-0.1, -0.05) is 52.1 Å². The molecule has 3 aliphatic rings. The Bertz CT molecular complexity index is 1510. The second-order valence-electron chi connectivity index (χ2n) is 10.9. The zero-order chi connectivity index (χ0) is 28.7. The van der Waals surface area contributed by atoms with Gasteiger partial charge in [-0.25, -0.2) is 0 Å². The van der Waals surface area contributed by atoms with Gasteiger partial charge < -0.3 is 24.2 Å². The van der Waals surface area contributed by atoms with E-state index in [1.54, 1.807) is 16.7 Å². The maximum absolute atomic E-state index is 14.2. The summed E-state index contributed by atoms with van der Waals surface area (Å²) >= 11 is 3.70. The normalized spacial score (nSPS) is 21.9. The summed E-state index contributed by atoms with van der Waals surface area (Å²) < 4.78 is 12.2. The van der Waals surface area contributed by atoms with Crippen LogP contribution in [-0.2, 0) is 29.2 Å². The topological polar surface area (TPSA) is 126 Å². The molecular weight excluding hydrogens is 592 g/mol. The summed E-state index contributed by atoms with van der Waals surface area (Å²) in [5.74, 6) is -1.09. The van der Waals surface area contributed by atoms with Crippen LogP contribution in [0.5, 0.6) is 5.75 Å². The fourth-order valence-corrected chi connectivity index (χ4v) is 7.05. The van der Waals surface area contributed by atoms with Gasteiger partial charge >= 0.3 is 5.97 Å². The van der Waals surface area contributed by atoms with Gasteiger partial charge in [0.15, 0.2) is 6.61 Å². The van der Waals surface area contributed by atoms with Crippen LogP contribution in [0.1, 0.15) is 70.5 Å². The molecule has 0 unspecified atom stereocenters. The van der Waals surface area contributed by atoms with E-state index in [1.165, 1.54) is 0 Å². The van der Waals surface area contributed by atoms with E-state index in [-0.39, 0.29) is 25.0 Å². The van der Waals surface area contributed by atoms with Crippen LogP contribution in [0.15, 0.2) is 45.4 Å². The van der Waals surface area contributed by atoms with Crippen LogP contribution < -0.4 is 4.74 Å². The summed E-state index contributed by atoms with van der Waals surface area (Å²) in [6, 6.07) is 10.8. The van der Waals surface area contributed by atoms with Crippen molar-refractivity contribution in [3.8, 4) is 5.75 Å². The molecule has 0 radical (unpaired) electrons. The summed E-state index contributed by atoms with van der Waals surface area (Å²) in [7, 11) is 0. The summed E-state index contributed by atoms with van der Waals surface area (Å²) in [4.78, 5) is 47.6. The van der Waals surface area contributed by atoms with Crippen LogP contribution in [0.2, 0.25) is 0 Å². The number of carbonyl (C=O) groups excluding carboxylic acids is 2. The van der Waals surface area contributed by atoms with Crippen LogP contribution in [0.4, 0.5) is 0 Å². The Morgan fingerprint density at radius 1 is 1.15 bits per heavy atom. The average Bonchev–Trinajstić information content (AvgIpc) is 3.54. The second-order valence-corrected chi connectivity index (χ2v) is 11.8. The van der Waals surface area contributed by atoms with Crippen molar-refractivity contribution in [2.75, 3.05) is 13.1 Å². The molecule has 214 valence electrons. The van der Waals surface area contributed by atoms with Crippen LogP contribution in [-0.4, -0.2) is 55.9 Å². The Morgan fingerprint density at radius 2 is 1.93 bits per heavy atom. The molecular formula is C30H31BrN4O6. The Morgan fingerprint density at radius 3 is 2.66 bits per heavy atom. The number of hydrogen-bond donors (Lipinski definition) is 1. The minimum Gasteiger partial charge on any atom is -0.485 e. The van der Waals surface area contributed by atoms with Gasteiger partial charge in [0.25, 0.3) is 5.91 Å². The third kappa shape index (κ3) is 5.23. The van der Waals surface area contributed by atoms with Gasteiger partial charge in [-0.05, 0) is 48.6 Å². The minimum atomic E-state index is -0.927. The van der Waals surface area contributed by atoms with Gasteiger partial charge in [0.2, 0.25) is 17.6 Å². The molecule has 3 heterocycles. The first-order valence-corrected chi connectivity index (χ1v) is 14.7. The number of carbonyl (C=O) groups is 3. The Kier molecular flexibility index (Phi) is 7.54. The van der Waals surface area contributed by atoms with Gasteiger partial charge in [0.1, 0.15) is 5.75 Å². The van der Waals surface area contributed by atoms with Crippen LogP contribution in [0, 0.1) is 18.8 Å². The summed E-state index contributed by atoms with van der Waals surface area (Å²) in [5, 5.41) is 13.9. The molecule has 0 saturated heterocycles.